The van der Waals surface area contributed by atoms with Crippen LogP contribution in [0.15, 0.2) is 18.2 Å². The molecule has 0 bridgehead atoms. The second-order valence-corrected chi connectivity index (χ2v) is 5.62. The van der Waals surface area contributed by atoms with Gasteiger partial charge in [-0.15, -0.1) is 0 Å². The number of hydrogen-bond acceptors (Lipinski definition) is 4. The Kier molecular flexibility index (Phi) is 3.50. The summed E-state index contributed by atoms with van der Waals surface area (Å²) < 4.78 is 18.9. The maximum absolute atomic E-state index is 14.2. The smallest absolute Gasteiger partial charge is 0.414 e. The molecule has 19 heavy (non-hydrogen) atoms. The van der Waals surface area contributed by atoms with Crippen molar-refractivity contribution in [3.63, 3.8) is 0 Å². The van der Waals surface area contributed by atoms with Crippen molar-refractivity contribution in [1.82, 2.24) is 0 Å². The second-order valence-electron chi connectivity index (χ2n) is 4.40. The first-order valence-corrected chi connectivity index (χ1v) is 7.33. The van der Waals surface area contributed by atoms with E-state index in [0.717, 1.165) is 24.6 Å². The zero-order valence-electron chi connectivity index (χ0n) is 10.3. The molecular weight excluding hydrogens is 267 g/mol. The van der Waals surface area contributed by atoms with Gasteiger partial charge in [0.15, 0.2) is 6.61 Å². The zero-order valence-corrected chi connectivity index (χ0v) is 11.2. The average Bonchev–Trinajstić information content (AvgIpc) is 2.86. The van der Waals surface area contributed by atoms with Crippen molar-refractivity contribution >= 4 is 29.2 Å². The predicted octanol–water partition coefficient (Wildman–Crippen LogP) is 2.50. The van der Waals surface area contributed by atoms with Crippen LogP contribution in [-0.2, 0) is 4.74 Å². The first-order valence-electron chi connectivity index (χ1n) is 6.18. The van der Waals surface area contributed by atoms with Gasteiger partial charge in [-0.1, -0.05) is 0 Å². The van der Waals surface area contributed by atoms with Crippen LogP contribution >= 0.6 is 11.8 Å². The van der Waals surface area contributed by atoms with Crippen LogP contribution in [0.4, 0.5) is 20.6 Å². The number of hydrogen-bond donors (Lipinski definition) is 0. The van der Waals surface area contributed by atoms with E-state index < -0.39 is 6.09 Å². The highest BCUT2D eigenvalue weighted by Crippen LogP contribution is 2.28. The van der Waals surface area contributed by atoms with Gasteiger partial charge in [0.2, 0.25) is 0 Å². The maximum atomic E-state index is 14.2. The van der Waals surface area contributed by atoms with Crippen molar-refractivity contribution in [2.75, 3.05) is 40.9 Å². The molecule has 2 heterocycles. The Morgan fingerprint density at radius 2 is 2.05 bits per heavy atom. The highest BCUT2D eigenvalue weighted by Gasteiger charge is 2.25. The van der Waals surface area contributed by atoms with Gasteiger partial charge in [-0.25, -0.2) is 9.18 Å². The van der Waals surface area contributed by atoms with E-state index in [4.69, 9.17) is 4.74 Å². The lowest BCUT2D eigenvalue weighted by Crippen LogP contribution is -2.33. The number of halogens is 1. The molecule has 2 saturated heterocycles. The van der Waals surface area contributed by atoms with Crippen molar-refractivity contribution < 1.29 is 13.9 Å². The summed E-state index contributed by atoms with van der Waals surface area (Å²) in [7, 11) is 0. The Labute approximate surface area is 115 Å². The molecular formula is C13H14FN2O2S. The topological polar surface area (TPSA) is 32.8 Å². The fraction of sp³-hybridized carbons (Fsp3) is 0.385. The van der Waals surface area contributed by atoms with E-state index in [2.05, 4.69) is 0 Å². The molecule has 3 rings (SSSR count). The Morgan fingerprint density at radius 1 is 1.26 bits per heavy atom. The van der Waals surface area contributed by atoms with Gasteiger partial charge in [0.1, 0.15) is 5.82 Å². The van der Waals surface area contributed by atoms with Gasteiger partial charge in [0.05, 0.1) is 17.9 Å². The summed E-state index contributed by atoms with van der Waals surface area (Å²) in [5.41, 5.74) is 1.15. The number of cyclic esters (lactones) is 1. The SMILES string of the molecule is O=C1O[CH]CN1c1ccc(N2CCSCC2)c(F)c1. The summed E-state index contributed by atoms with van der Waals surface area (Å²) in [4.78, 5) is 14.9. The Bertz CT molecular complexity index is 492. The van der Waals surface area contributed by atoms with Crippen LogP contribution < -0.4 is 9.80 Å². The molecule has 0 atom stereocenters. The largest absolute Gasteiger partial charge is 0.440 e. The first kappa shape index (κ1) is 12.6. The number of anilines is 2. The average molecular weight is 281 g/mol. The van der Waals surface area contributed by atoms with Crippen molar-refractivity contribution in [2.45, 2.75) is 0 Å². The normalized spacial score (nSPS) is 19.7. The van der Waals surface area contributed by atoms with Gasteiger partial charge in [-0.3, -0.25) is 4.90 Å². The van der Waals surface area contributed by atoms with E-state index in [-0.39, 0.29) is 5.82 Å². The molecule has 0 spiro atoms. The highest BCUT2D eigenvalue weighted by atomic mass is 32.2. The molecule has 4 nitrogen and oxygen atoms in total. The summed E-state index contributed by atoms with van der Waals surface area (Å²) in [6.45, 7) is 3.49. The van der Waals surface area contributed by atoms with Gasteiger partial charge >= 0.3 is 6.09 Å². The molecule has 0 aromatic heterocycles. The van der Waals surface area contributed by atoms with Crippen molar-refractivity contribution in [3.8, 4) is 0 Å². The maximum Gasteiger partial charge on any atom is 0.414 e. The standard InChI is InChI=1S/C13H14FN2O2S/c14-11-9-10(16-3-6-18-13(16)17)1-2-12(11)15-4-7-19-8-5-15/h1-2,6,9H,3-5,7-8H2. The molecule has 0 saturated carbocycles. The fourth-order valence-electron chi connectivity index (χ4n) is 2.26. The lowest BCUT2D eigenvalue weighted by molar-refractivity contribution is 0.196. The minimum absolute atomic E-state index is 0.288. The summed E-state index contributed by atoms with van der Waals surface area (Å²) in [5, 5.41) is 0. The number of nitrogens with zero attached hydrogens (tertiary/aromatic N) is 2. The Hall–Kier alpha value is -1.43. The molecule has 2 aliphatic heterocycles. The lowest BCUT2D eigenvalue weighted by atomic mass is 10.2. The lowest BCUT2D eigenvalue weighted by Gasteiger charge is -2.29. The molecule has 101 valence electrons. The molecule has 2 aliphatic rings. The molecule has 0 aliphatic carbocycles. The van der Waals surface area contributed by atoms with E-state index in [0.29, 0.717) is 17.9 Å². The molecule has 0 N–H and O–H groups in total. The number of rotatable bonds is 2. The summed E-state index contributed by atoms with van der Waals surface area (Å²) in [5.74, 6) is 1.76. The molecule has 2 fully saturated rings. The third-order valence-electron chi connectivity index (χ3n) is 3.26. The Balaban J connectivity index is 1.82. The third-order valence-corrected chi connectivity index (χ3v) is 4.20. The number of thioether (sulfide) groups is 1. The number of benzene rings is 1. The van der Waals surface area contributed by atoms with E-state index in [1.165, 1.54) is 17.6 Å². The van der Waals surface area contributed by atoms with Crippen LogP contribution in [0.5, 0.6) is 0 Å². The van der Waals surface area contributed by atoms with Crippen LogP contribution in [0.2, 0.25) is 0 Å². The van der Waals surface area contributed by atoms with Gasteiger partial charge in [-0.05, 0) is 18.2 Å². The molecule has 0 unspecified atom stereocenters. The summed E-state index contributed by atoms with van der Waals surface area (Å²) in [6.07, 6.45) is -0.457. The summed E-state index contributed by atoms with van der Waals surface area (Å²) >= 11 is 1.89. The van der Waals surface area contributed by atoms with Gasteiger partial charge < -0.3 is 9.64 Å². The van der Waals surface area contributed by atoms with E-state index in [1.54, 1.807) is 12.1 Å². The van der Waals surface area contributed by atoms with Gasteiger partial charge in [0.25, 0.3) is 0 Å². The zero-order chi connectivity index (χ0) is 13.2. The van der Waals surface area contributed by atoms with Crippen molar-refractivity contribution in [1.29, 1.82) is 0 Å². The highest BCUT2D eigenvalue weighted by molar-refractivity contribution is 7.99. The van der Waals surface area contributed by atoms with E-state index in [1.807, 2.05) is 16.7 Å². The number of carbonyl (C=O) groups excluding carboxylic acids is 1. The predicted molar refractivity (Wildman–Crippen MR) is 74.1 cm³/mol. The van der Waals surface area contributed by atoms with Crippen molar-refractivity contribution in [2.24, 2.45) is 0 Å². The number of ether oxygens (including phenoxy) is 1. The van der Waals surface area contributed by atoms with Crippen LogP contribution in [0.1, 0.15) is 0 Å². The molecule has 1 aromatic carbocycles. The monoisotopic (exact) mass is 281 g/mol. The fourth-order valence-corrected chi connectivity index (χ4v) is 3.16. The molecule has 1 amide bonds. The number of amides is 1. The Morgan fingerprint density at radius 3 is 2.68 bits per heavy atom. The molecule has 1 aromatic rings. The number of carbonyl (C=O) groups is 1. The van der Waals surface area contributed by atoms with Crippen LogP contribution in [-0.4, -0.2) is 37.2 Å². The minimum atomic E-state index is -0.457. The van der Waals surface area contributed by atoms with E-state index in [9.17, 15) is 9.18 Å². The third kappa shape index (κ3) is 2.49. The van der Waals surface area contributed by atoms with Crippen LogP contribution in [0, 0.1) is 12.4 Å². The second kappa shape index (κ2) is 5.28. The molecule has 6 heteroatoms. The van der Waals surface area contributed by atoms with Gasteiger partial charge in [0, 0.05) is 24.6 Å². The van der Waals surface area contributed by atoms with E-state index >= 15 is 0 Å². The first-order chi connectivity index (χ1) is 9.25. The quantitative estimate of drug-likeness (QED) is 0.834. The van der Waals surface area contributed by atoms with Gasteiger partial charge in [-0.2, -0.15) is 11.8 Å². The minimum Gasteiger partial charge on any atom is -0.440 e. The van der Waals surface area contributed by atoms with Crippen LogP contribution in [0.25, 0.3) is 0 Å². The summed E-state index contributed by atoms with van der Waals surface area (Å²) in [6, 6.07) is 4.91. The molecule has 1 radical (unpaired) electrons. The van der Waals surface area contributed by atoms with Crippen molar-refractivity contribution in [3.05, 3.63) is 30.6 Å². The van der Waals surface area contributed by atoms with Crippen LogP contribution in [0.3, 0.4) is 0 Å².